The number of nitrogens with zero attached hydrogens (tertiary/aromatic N) is 2. The van der Waals surface area contributed by atoms with Crippen LogP contribution in [0, 0.1) is 5.92 Å². The zero-order valence-corrected chi connectivity index (χ0v) is 18.2. The Morgan fingerprint density at radius 3 is 2.27 bits per heavy atom. The minimum atomic E-state index is 0. The fraction of sp³-hybridized carbons (Fsp3) is 0.947. The molecule has 0 atom stereocenters. The lowest BCUT2D eigenvalue weighted by molar-refractivity contribution is -0.134. The lowest BCUT2D eigenvalue weighted by Gasteiger charge is -2.33. The summed E-state index contributed by atoms with van der Waals surface area (Å²) in [6.07, 6.45) is 6.60. The third-order valence-corrected chi connectivity index (χ3v) is 5.68. The van der Waals surface area contributed by atoms with E-state index in [0.29, 0.717) is 12.0 Å². The van der Waals surface area contributed by atoms with Gasteiger partial charge >= 0.3 is 0 Å². The molecule has 5 nitrogen and oxygen atoms in total. The lowest BCUT2D eigenvalue weighted by Crippen LogP contribution is -2.41. The van der Waals surface area contributed by atoms with Gasteiger partial charge in [0.2, 0.25) is 5.91 Å². The van der Waals surface area contributed by atoms with E-state index in [9.17, 15) is 4.79 Å². The number of piperidine rings is 2. The van der Waals surface area contributed by atoms with Gasteiger partial charge in [0.05, 0.1) is 12.7 Å². The molecule has 0 aromatic carbocycles. The summed E-state index contributed by atoms with van der Waals surface area (Å²) in [5.41, 5.74) is 0. The highest BCUT2D eigenvalue weighted by atomic mass is 35.5. The van der Waals surface area contributed by atoms with Crippen LogP contribution in [0.2, 0.25) is 0 Å². The Morgan fingerprint density at radius 1 is 1.08 bits per heavy atom. The van der Waals surface area contributed by atoms with Crippen molar-refractivity contribution in [1.29, 1.82) is 0 Å². The number of nitrogens with one attached hydrogen (secondary N) is 1. The van der Waals surface area contributed by atoms with Gasteiger partial charge in [0.15, 0.2) is 0 Å². The molecule has 156 valence electrons. The number of hydrogen-bond donors (Lipinski definition) is 1. The zero-order chi connectivity index (χ0) is 17.2. The SMILES string of the molecule is CCN(CC)CCOC1CCN(C(=O)CCC2CCNCC2)CC1.Cl.Cl. The number of ether oxygens (including phenoxy) is 1. The quantitative estimate of drug-likeness (QED) is 0.633. The van der Waals surface area contributed by atoms with Crippen LogP contribution in [0.1, 0.15) is 52.4 Å². The summed E-state index contributed by atoms with van der Waals surface area (Å²) in [5.74, 6) is 1.10. The summed E-state index contributed by atoms with van der Waals surface area (Å²) in [7, 11) is 0. The van der Waals surface area contributed by atoms with Crippen molar-refractivity contribution in [3.63, 3.8) is 0 Å². The maximum Gasteiger partial charge on any atom is 0.222 e. The lowest BCUT2D eigenvalue weighted by atomic mass is 9.93. The minimum Gasteiger partial charge on any atom is -0.377 e. The number of carbonyl (C=O) groups excluding carboxylic acids is 1. The summed E-state index contributed by atoms with van der Waals surface area (Å²) in [5, 5.41) is 3.39. The number of hydrogen-bond acceptors (Lipinski definition) is 4. The number of rotatable bonds is 9. The number of amides is 1. The van der Waals surface area contributed by atoms with Crippen molar-refractivity contribution in [2.75, 3.05) is 52.4 Å². The second-order valence-corrected chi connectivity index (χ2v) is 7.21. The first kappa shape index (κ1) is 25.9. The minimum absolute atomic E-state index is 0. The van der Waals surface area contributed by atoms with Crippen LogP contribution in [0.4, 0.5) is 0 Å². The van der Waals surface area contributed by atoms with Gasteiger partial charge in [-0.2, -0.15) is 0 Å². The fourth-order valence-corrected chi connectivity index (χ4v) is 3.82. The number of halogens is 2. The first-order valence-corrected chi connectivity index (χ1v) is 10.0. The zero-order valence-electron chi connectivity index (χ0n) is 16.6. The highest BCUT2D eigenvalue weighted by Gasteiger charge is 2.24. The second-order valence-electron chi connectivity index (χ2n) is 7.21. The molecule has 0 aromatic rings. The second kappa shape index (κ2) is 14.9. The van der Waals surface area contributed by atoms with Gasteiger partial charge in [-0.15, -0.1) is 24.8 Å². The molecule has 1 amide bonds. The fourth-order valence-electron chi connectivity index (χ4n) is 3.82. The van der Waals surface area contributed by atoms with Crippen molar-refractivity contribution in [2.45, 2.75) is 58.5 Å². The largest absolute Gasteiger partial charge is 0.377 e. The predicted molar refractivity (Wildman–Crippen MR) is 113 cm³/mol. The van der Waals surface area contributed by atoms with Crippen LogP contribution in [0.5, 0.6) is 0 Å². The molecule has 2 aliphatic rings. The Hall–Kier alpha value is -0.0700. The van der Waals surface area contributed by atoms with Crippen LogP contribution in [0.3, 0.4) is 0 Å². The van der Waals surface area contributed by atoms with E-state index in [4.69, 9.17) is 4.74 Å². The topological polar surface area (TPSA) is 44.8 Å². The Morgan fingerprint density at radius 2 is 1.69 bits per heavy atom. The van der Waals surface area contributed by atoms with Crippen molar-refractivity contribution in [3.05, 3.63) is 0 Å². The molecule has 0 spiro atoms. The molecular formula is C19H39Cl2N3O2. The first-order chi connectivity index (χ1) is 11.7. The normalized spacial score (nSPS) is 19.1. The molecule has 0 aliphatic carbocycles. The molecular weight excluding hydrogens is 373 g/mol. The highest BCUT2D eigenvalue weighted by molar-refractivity contribution is 5.85. The number of likely N-dealkylation sites (tertiary alicyclic amines) is 1. The van der Waals surface area contributed by atoms with Crippen LogP contribution in [0.15, 0.2) is 0 Å². The summed E-state index contributed by atoms with van der Waals surface area (Å²) in [6.45, 7) is 12.4. The van der Waals surface area contributed by atoms with Crippen LogP contribution in [0.25, 0.3) is 0 Å². The smallest absolute Gasteiger partial charge is 0.222 e. The Balaban J connectivity index is 0.00000312. The summed E-state index contributed by atoms with van der Waals surface area (Å²) < 4.78 is 6.01. The van der Waals surface area contributed by atoms with Gasteiger partial charge in [-0.3, -0.25) is 4.79 Å². The monoisotopic (exact) mass is 411 g/mol. The molecule has 2 fully saturated rings. The van der Waals surface area contributed by atoms with E-state index in [1.54, 1.807) is 0 Å². The van der Waals surface area contributed by atoms with E-state index in [1.165, 1.54) is 12.8 Å². The molecule has 0 saturated carbocycles. The molecule has 7 heteroatoms. The maximum atomic E-state index is 12.4. The molecule has 2 rings (SSSR count). The molecule has 2 aliphatic heterocycles. The van der Waals surface area contributed by atoms with Gasteiger partial charge in [0, 0.05) is 26.1 Å². The van der Waals surface area contributed by atoms with Crippen molar-refractivity contribution in [2.24, 2.45) is 5.92 Å². The van der Waals surface area contributed by atoms with Gasteiger partial charge in [0.25, 0.3) is 0 Å². The average molecular weight is 412 g/mol. The molecule has 2 heterocycles. The van der Waals surface area contributed by atoms with E-state index in [2.05, 4.69) is 29.0 Å². The Labute approximate surface area is 172 Å². The van der Waals surface area contributed by atoms with Gasteiger partial charge in [-0.1, -0.05) is 13.8 Å². The highest BCUT2D eigenvalue weighted by Crippen LogP contribution is 2.20. The van der Waals surface area contributed by atoms with Crippen LogP contribution in [-0.4, -0.2) is 74.2 Å². The van der Waals surface area contributed by atoms with Gasteiger partial charge < -0.3 is 19.9 Å². The molecule has 26 heavy (non-hydrogen) atoms. The summed E-state index contributed by atoms with van der Waals surface area (Å²) in [4.78, 5) is 16.8. The van der Waals surface area contributed by atoms with Crippen LogP contribution < -0.4 is 5.32 Å². The molecule has 0 bridgehead atoms. The van der Waals surface area contributed by atoms with Gasteiger partial charge in [-0.25, -0.2) is 0 Å². The van der Waals surface area contributed by atoms with Crippen LogP contribution in [-0.2, 0) is 9.53 Å². The molecule has 1 N–H and O–H groups in total. The van der Waals surface area contributed by atoms with E-state index >= 15 is 0 Å². The number of likely N-dealkylation sites (N-methyl/N-ethyl adjacent to an activating group) is 1. The van der Waals surface area contributed by atoms with E-state index in [0.717, 1.165) is 84.0 Å². The van der Waals surface area contributed by atoms with Crippen molar-refractivity contribution < 1.29 is 9.53 Å². The Kier molecular flexibility index (Phi) is 14.9. The molecule has 0 radical (unpaired) electrons. The Bertz CT molecular complexity index is 357. The van der Waals surface area contributed by atoms with E-state index < -0.39 is 0 Å². The first-order valence-electron chi connectivity index (χ1n) is 10.0. The third-order valence-electron chi connectivity index (χ3n) is 5.68. The number of carbonyl (C=O) groups is 1. The van der Waals surface area contributed by atoms with Crippen molar-refractivity contribution in [1.82, 2.24) is 15.1 Å². The third kappa shape index (κ3) is 9.23. The summed E-state index contributed by atoms with van der Waals surface area (Å²) >= 11 is 0. The van der Waals surface area contributed by atoms with Crippen molar-refractivity contribution >= 4 is 30.7 Å². The molecule has 0 aromatic heterocycles. The molecule has 0 unspecified atom stereocenters. The predicted octanol–water partition coefficient (Wildman–Crippen LogP) is 2.96. The maximum absolute atomic E-state index is 12.4. The van der Waals surface area contributed by atoms with Gasteiger partial charge in [-0.05, 0) is 64.2 Å². The van der Waals surface area contributed by atoms with E-state index in [-0.39, 0.29) is 24.8 Å². The van der Waals surface area contributed by atoms with Gasteiger partial charge in [0.1, 0.15) is 0 Å². The average Bonchev–Trinajstić information content (AvgIpc) is 2.64. The van der Waals surface area contributed by atoms with E-state index in [1.807, 2.05) is 0 Å². The summed E-state index contributed by atoms with van der Waals surface area (Å²) in [6, 6.07) is 0. The standard InChI is InChI=1S/C19H37N3O2.2ClH/c1-3-21(4-2)15-16-24-18-9-13-22(14-10-18)19(23)6-5-17-7-11-20-12-8-17;;/h17-18,20H,3-16H2,1-2H3;2*1H. The van der Waals surface area contributed by atoms with Crippen LogP contribution >= 0.6 is 24.8 Å². The van der Waals surface area contributed by atoms with Crippen molar-refractivity contribution in [3.8, 4) is 0 Å². The molecule has 2 saturated heterocycles.